The molecule has 4 nitrogen and oxygen atoms in total. The average molecular weight is 441 g/mol. The Labute approximate surface area is 185 Å². The quantitative estimate of drug-likeness (QED) is 0.518. The van der Waals surface area contributed by atoms with Gasteiger partial charge in [-0.1, -0.05) is 36.4 Å². The number of fused-ring (bicyclic) bond motifs is 1. The van der Waals surface area contributed by atoms with E-state index < -0.39 is 11.7 Å². The van der Waals surface area contributed by atoms with Crippen LogP contribution in [-0.4, -0.2) is 30.6 Å². The van der Waals surface area contributed by atoms with Gasteiger partial charge in [0, 0.05) is 18.8 Å². The van der Waals surface area contributed by atoms with Crippen LogP contribution in [-0.2, 0) is 12.7 Å². The largest absolute Gasteiger partial charge is 0.416 e. The Morgan fingerprint density at radius 2 is 1.66 bits per heavy atom. The molecule has 168 valence electrons. The molecule has 2 N–H and O–H groups in total. The highest BCUT2D eigenvalue weighted by Gasteiger charge is 2.30. The zero-order valence-electron chi connectivity index (χ0n) is 17.7. The Morgan fingerprint density at radius 1 is 0.969 bits per heavy atom. The van der Waals surface area contributed by atoms with Gasteiger partial charge >= 0.3 is 12.2 Å². The lowest BCUT2D eigenvalue weighted by Crippen LogP contribution is -2.41. The van der Waals surface area contributed by atoms with E-state index in [1.165, 1.54) is 12.1 Å². The fourth-order valence-corrected chi connectivity index (χ4v) is 4.10. The van der Waals surface area contributed by atoms with Gasteiger partial charge in [0.1, 0.15) is 0 Å². The molecular weight excluding hydrogens is 415 g/mol. The first kappa shape index (κ1) is 22.1. The number of carbonyl (C=O) groups is 1. The van der Waals surface area contributed by atoms with Gasteiger partial charge < -0.3 is 15.5 Å². The molecule has 0 bridgehead atoms. The van der Waals surface area contributed by atoms with Gasteiger partial charge in [-0.2, -0.15) is 13.2 Å². The Bertz CT molecular complexity index is 1060. The van der Waals surface area contributed by atoms with E-state index in [1.54, 1.807) is 4.90 Å². The summed E-state index contributed by atoms with van der Waals surface area (Å²) in [5, 5.41) is 8.35. The van der Waals surface area contributed by atoms with E-state index in [0.29, 0.717) is 24.7 Å². The summed E-state index contributed by atoms with van der Waals surface area (Å²) in [6, 6.07) is 18.4. The lowest BCUT2D eigenvalue weighted by atomic mass is 9.97. The number of amides is 2. The molecule has 1 fully saturated rings. The zero-order chi connectivity index (χ0) is 22.6. The van der Waals surface area contributed by atoms with Gasteiger partial charge in [0.05, 0.1) is 5.56 Å². The number of piperidine rings is 1. The molecule has 0 aromatic heterocycles. The molecule has 0 saturated carbocycles. The number of urea groups is 1. The molecule has 1 saturated heterocycles. The van der Waals surface area contributed by atoms with Crippen molar-refractivity contribution in [3.05, 3.63) is 77.9 Å². The maximum absolute atomic E-state index is 13.1. The van der Waals surface area contributed by atoms with E-state index in [2.05, 4.69) is 16.7 Å². The van der Waals surface area contributed by atoms with Crippen molar-refractivity contribution in [2.45, 2.75) is 25.6 Å². The van der Waals surface area contributed by atoms with Crippen LogP contribution in [0.4, 0.5) is 23.7 Å². The number of hydrogen-bond donors (Lipinski definition) is 2. The second kappa shape index (κ2) is 9.61. The van der Waals surface area contributed by atoms with Crippen molar-refractivity contribution in [3.63, 3.8) is 0 Å². The second-order valence-corrected chi connectivity index (χ2v) is 8.26. The monoisotopic (exact) mass is 441 g/mol. The zero-order valence-corrected chi connectivity index (χ0v) is 17.7. The number of rotatable bonds is 5. The molecule has 1 aliphatic heterocycles. The minimum absolute atomic E-state index is 0.309. The number of nitrogens with zero attached hydrogens (tertiary/aromatic N) is 1. The molecule has 3 aromatic rings. The fraction of sp³-hybridized carbons (Fsp3) is 0.320. The van der Waals surface area contributed by atoms with Crippen molar-refractivity contribution in [1.82, 2.24) is 10.2 Å². The molecule has 0 aliphatic carbocycles. The predicted octanol–water partition coefficient (Wildman–Crippen LogP) is 5.89. The Morgan fingerprint density at radius 3 is 2.34 bits per heavy atom. The van der Waals surface area contributed by atoms with E-state index in [1.807, 2.05) is 36.4 Å². The molecule has 1 aliphatic rings. The number of anilines is 1. The van der Waals surface area contributed by atoms with Crippen molar-refractivity contribution in [3.8, 4) is 0 Å². The van der Waals surface area contributed by atoms with Gasteiger partial charge in [0.25, 0.3) is 0 Å². The summed E-state index contributed by atoms with van der Waals surface area (Å²) in [5.41, 5.74) is 0.621. The molecule has 0 atom stereocenters. The van der Waals surface area contributed by atoms with Crippen LogP contribution >= 0.6 is 0 Å². The van der Waals surface area contributed by atoms with Crippen LogP contribution < -0.4 is 10.6 Å². The van der Waals surface area contributed by atoms with Crippen molar-refractivity contribution < 1.29 is 18.0 Å². The molecule has 1 heterocycles. The first-order valence-electron chi connectivity index (χ1n) is 10.8. The topological polar surface area (TPSA) is 44.4 Å². The minimum Gasteiger partial charge on any atom is -0.320 e. The van der Waals surface area contributed by atoms with E-state index >= 15 is 0 Å². The van der Waals surface area contributed by atoms with E-state index in [9.17, 15) is 18.0 Å². The summed E-state index contributed by atoms with van der Waals surface area (Å²) < 4.78 is 38.5. The first-order chi connectivity index (χ1) is 15.4. The van der Waals surface area contributed by atoms with Gasteiger partial charge in [0.2, 0.25) is 0 Å². The Kier molecular flexibility index (Phi) is 6.65. The third-order valence-corrected chi connectivity index (χ3v) is 5.88. The van der Waals surface area contributed by atoms with Crippen LogP contribution in [0.25, 0.3) is 10.8 Å². The number of carbonyl (C=O) groups excluding carboxylic acids is 1. The molecule has 0 unspecified atom stereocenters. The summed E-state index contributed by atoms with van der Waals surface area (Å²) in [6.07, 6.45) is -2.43. The van der Waals surface area contributed by atoms with Crippen LogP contribution in [0.1, 0.15) is 24.0 Å². The molecule has 3 aromatic carbocycles. The standard InChI is InChI=1S/C25H26F3N3O/c26-25(27,28)22-7-9-23(10-8-22)30-24(32)31(16-18-11-13-29-14-12-18)17-19-5-6-20-3-1-2-4-21(20)15-19/h1-10,15,18,29H,11-14,16-17H2,(H,30,32). The number of hydrogen-bond acceptors (Lipinski definition) is 2. The predicted molar refractivity (Wildman–Crippen MR) is 120 cm³/mol. The van der Waals surface area contributed by atoms with Crippen molar-refractivity contribution in [2.75, 3.05) is 25.0 Å². The minimum atomic E-state index is -4.40. The van der Waals surface area contributed by atoms with Gasteiger partial charge in [-0.05, 0) is 78.5 Å². The van der Waals surface area contributed by atoms with Crippen LogP contribution in [0.5, 0.6) is 0 Å². The molecule has 4 rings (SSSR count). The summed E-state index contributed by atoms with van der Waals surface area (Å²) in [6.45, 7) is 2.88. The first-order valence-corrected chi connectivity index (χ1v) is 10.8. The number of halogens is 3. The molecular formula is C25H26F3N3O. The highest BCUT2D eigenvalue weighted by atomic mass is 19.4. The van der Waals surface area contributed by atoms with E-state index in [-0.39, 0.29) is 6.03 Å². The molecule has 7 heteroatoms. The highest BCUT2D eigenvalue weighted by molar-refractivity contribution is 5.89. The Hall–Kier alpha value is -3.06. The third kappa shape index (κ3) is 5.59. The average Bonchev–Trinajstić information content (AvgIpc) is 2.79. The maximum atomic E-state index is 13.1. The third-order valence-electron chi connectivity index (χ3n) is 5.88. The van der Waals surface area contributed by atoms with Crippen LogP contribution in [0.15, 0.2) is 66.7 Å². The highest BCUT2D eigenvalue weighted by Crippen LogP contribution is 2.30. The van der Waals surface area contributed by atoms with Crippen LogP contribution in [0.3, 0.4) is 0 Å². The van der Waals surface area contributed by atoms with Gasteiger partial charge in [-0.3, -0.25) is 0 Å². The number of nitrogens with one attached hydrogen (secondary N) is 2. The van der Waals surface area contributed by atoms with Crippen molar-refractivity contribution in [1.29, 1.82) is 0 Å². The van der Waals surface area contributed by atoms with E-state index in [4.69, 9.17) is 0 Å². The summed E-state index contributed by atoms with van der Waals surface area (Å²) in [7, 11) is 0. The maximum Gasteiger partial charge on any atom is 0.416 e. The van der Waals surface area contributed by atoms with Gasteiger partial charge in [-0.15, -0.1) is 0 Å². The fourth-order valence-electron chi connectivity index (χ4n) is 4.10. The summed E-state index contributed by atoms with van der Waals surface area (Å²) in [5.74, 6) is 0.384. The Balaban J connectivity index is 1.51. The van der Waals surface area contributed by atoms with E-state index in [0.717, 1.165) is 54.4 Å². The smallest absolute Gasteiger partial charge is 0.320 e. The van der Waals surface area contributed by atoms with Gasteiger partial charge in [-0.25, -0.2) is 4.79 Å². The summed E-state index contributed by atoms with van der Waals surface area (Å²) in [4.78, 5) is 14.9. The summed E-state index contributed by atoms with van der Waals surface area (Å²) >= 11 is 0. The van der Waals surface area contributed by atoms with Gasteiger partial charge in [0.15, 0.2) is 0 Å². The molecule has 0 radical (unpaired) electrons. The van der Waals surface area contributed by atoms with Crippen LogP contribution in [0, 0.1) is 5.92 Å². The molecule has 32 heavy (non-hydrogen) atoms. The second-order valence-electron chi connectivity index (χ2n) is 8.26. The normalized spacial score (nSPS) is 15.0. The number of benzene rings is 3. The SMILES string of the molecule is O=C(Nc1ccc(C(F)(F)F)cc1)N(Cc1ccc2ccccc2c1)CC1CCNCC1. The molecule has 2 amide bonds. The van der Waals surface area contributed by atoms with Crippen molar-refractivity contribution >= 4 is 22.5 Å². The lowest BCUT2D eigenvalue weighted by molar-refractivity contribution is -0.137. The molecule has 0 spiro atoms. The number of alkyl halides is 3. The van der Waals surface area contributed by atoms with Crippen LogP contribution in [0.2, 0.25) is 0 Å². The lowest BCUT2D eigenvalue weighted by Gasteiger charge is -2.30. The van der Waals surface area contributed by atoms with Crippen molar-refractivity contribution in [2.24, 2.45) is 5.92 Å².